The molecule has 4 heteroatoms. The zero-order chi connectivity index (χ0) is 11.6. The van der Waals surface area contributed by atoms with Gasteiger partial charge >= 0.3 is 0 Å². The Balaban J connectivity index is 0.00000144. The van der Waals surface area contributed by atoms with Crippen molar-refractivity contribution in [3.05, 3.63) is 0 Å². The summed E-state index contributed by atoms with van der Waals surface area (Å²) >= 11 is 0. The third-order valence-electron chi connectivity index (χ3n) is 3.77. The van der Waals surface area contributed by atoms with Crippen LogP contribution >= 0.6 is 0 Å². The minimum atomic E-state index is 0. The topological polar surface area (TPSA) is 20.3 Å². The summed E-state index contributed by atoms with van der Waals surface area (Å²) in [7, 11) is 4.49. The molecule has 0 spiro atoms. The van der Waals surface area contributed by atoms with Gasteiger partial charge in [0.05, 0.1) is 27.2 Å². The fourth-order valence-electron chi connectivity index (χ4n) is 2.57. The van der Waals surface area contributed by atoms with Crippen LogP contribution in [-0.4, -0.2) is 55.1 Å². The second-order valence-electron chi connectivity index (χ2n) is 5.40. The molecule has 0 radical (unpaired) electrons. The highest BCUT2D eigenvalue weighted by atomic mass is 127. The molecule has 3 nitrogen and oxygen atoms in total. The molecule has 1 atom stereocenters. The SMILES string of the molecule is C[N+]1(C)CCCC1C#CCN1CCCC1=O.[I-]. The summed E-state index contributed by atoms with van der Waals surface area (Å²) in [6.45, 7) is 2.76. The number of nitrogens with zero attached hydrogens (tertiary/aromatic N) is 2. The first-order valence-electron chi connectivity index (χ1n) is 6.18. The van der Waals surface area contributed by atoms with Crippen LogP contribution in [0.25, 0.3) is 0 Å². The maximum Gasteiger partial charge on any atom is 0.223 e. The fourth-order valence-corrected chi connectivity index (χ4v) is 2.57. The number of rotatable bonds is 1. The Bertz CT molecular complexity index is 343. The summed E-state index contributed by atoms with van der Waals surface area (Å²) in [5, 5.41) is 0. The van der Waals surface area contributed by atoms with Gasteiger partial charge in [0, 0.05) is 25.8 Å². The quantitative estimate of drug-likeness (QED) is 0.301. The number of carbonyl (C=O) groups excluding carboxylic acids is 1. The van der Waals surface area contributed by atoms with Gasteiger partial charge in [-0.25, -0.2) is 0 Å². The number of likely N-dealkylation sites (tertiary alicyclic amines) is 2. The standard InChI is InChI=1S/C13H21N2O.HI/c1-15(2)11-5-7-12(15)6-3-9-14-10-4-8-13(14)16;/h12H,4-5,7-11H2,1-2H3;1H/q+1;/p-1. The Labute approximate surface area is 121 Å². The van der Waals surface area contributed by atoms with Crippen molar-refractivity contribution in [2.24, 2.45) is 0 Å². The highest BCUT2D eigenvalue weighted by molar-refractivity contribution is 5.78. The average Bonchev–Trinajstić information content (AvgIpc) is 2.75. The lowest BCUT2D eigenvalue weighted by Gasteiger charge is -2.28. The molecule has 0 aromatic heterocycles. The molecule has 96 valence electrons. The maximum absolute atomic E-state index is 11.4. The fraction of sp³-hybridized carbons (Fsp3) is 0.769. The largest absolute Gasteiger partial charge is 1.00 e. The number of quaternary nitrogens is 1. The van der Waals surface area contributed by atoms with E-state index < -0.39 is 0 Å². The zero-order valence-corrected chi connectivity index (χ0v) is 12.9. The molecule has 0 aromatic carbocycles. The lowest BCUT2D eigenvalue weighted by molar-refractivity contribution is -0.894. The van der Waals surface area contributed by atoms with Gasteiger partial charge in [-0.2, -0.15) is 0 Å². The van der Waals surface area contributed by atoms with Crippen LogP contribution in [0.15, 0.2) is 0 Å². The first kappa shape index (κ1) is 14.8. The number of amides is 1. The number of halogens is 1. The molecule has 2 saturated heterocycles. The van der Waals surface area contributed by atoms with E-state index in [0.29, 0.717) is 19.0 Å². The van der Waals surface area contributed by atoms with Gasteiger partial charge in [-0.15, -0.1) is 0 Å². The van der Waals surface area contributed by atoms with Crippen molar-refractivity contribution in [2.75, 3.05) is 33.7 Å². The molecule has 0 saturated carbocycles. The Kier molecular flexibility index (Phi) is 5.26. The molecule has 1 unspecified atom stereocenters. The van der Waals surface area contributed by atoms with Gasteiger partial charge in [0.1, 0.15) is 0 Å². The second-order valence-corrected chi connectivity index (χ2v) is 5.40. The van der Waals surface area contributed by atoms with E-state index in [-0.39, 0.29) is 29.9 Å². The molecule has 2 aliphatic rings. The molecule has 2 fully saturated rings. The highest BCUT2D eigenvalue weighted by Crippen LogP contribution is 2.21. The van der Waals surface area contributed by atoms with Gasteiger partial charge in [-0.05, 0) is 12.3 Å². The van der Waals surface area contributed by atoms with E-state index in [4.69, 9.17) is 0 Å². The van der Waals surface area contributed by atoms with Crippen molar-refractivity contribution in [3.63, 3.8) is 0 Å². The number of hydrogen-bond acceptors (Lipinski definition) is 1. The van der Waals surface area contributed by atoms with Crippen LogP contribution in [0.4, 0.5) is 0 Å². The molecule has 17 heavy (non-hydrogen) atoms. The zero-order valence-electron chi connectivity index (χ0n) is 10.7. The van der Waals surface area contributed by atoms with E-state index in [1.54, 1.807) is 0 Å². The highest BCUT2D eigenvalue weighted by Gasteiger charge is 2.32. The van der Waals surface area contributed by atoms with E-state index in [1.165, 1.54) is 19.4 Å². The van der Waals surface area contributed by atoms with E-state index in [0.717, 1.165) is 17.4 Å². The Morgan fingerprint density at radius 1 is 1.41 bits per heavy atom. The van der Waals surface area contributed by atoms with Crippen LogP contribution in [0.1, 0.15) is 25.7 Å². The van der Waals surface area contributed by atoms with Crippen molar-refractivity contribution in [1.82, 2.24) is 4.90 Å². The lowest BCUT2D eigenvalue weighted by Crippen LogP contribution is -3.00. The summed E-state index contributed by atoms with van der Waals surface area (Å²) in [6.07, 6.45) is 4.20. The van der Waals surface area contributed by atoms with Gasteiger partial charge in [-0.1, -0.05) is 5.92 Å². The van der Waals surface area contributed by atoms with Crippen molar-refractivity contribution < 1.29 is 33.3 Å². The van der Waals surface area contributed by atoms with Crippen LogP contribution in [0.2, 0.25) is 0 Å². The molecule has 2 aliphatic heterocycles. The molecular formula is C13H21IN2O. The van der Waals surface area contributed by atoms with Gasteiger partial charge in [0.15, 0.2) is 6.04 Å². The van der Waals surface area contributed by atoms with Gasteiger partial charge in [0.2, 0.25) is 5.91 Å². The van der Waals surface area contributed by atoms with Crippen molar-refractivity contribution in [1.29, 1.82) is 0 Å². The minimum absolute atomic E-state index is 0. The van der Waals surface area contributed by atoms with Crippen LogP contribution in [0, 0.1) is 11.8 Å². The van der Waals surface area contributed by atoms with E-state index in [2.05, 4.69) is 25.9 Å². The Morgan fingerprint density at radius 3 is 2.71 bits per heavy atom. The van der Waals surface area contributed by atoms with Crippen LogP contribution in [-0.2, 0) is 4.79 Å². The molecule has 2 heterocycles. The van der Waals surface area contributed by atoms with Crippen molar-refractivity contribution >= 4 is 5.91 Å². The molecule has 0 aliphatic carbocycles. The van der Waals surface area contributed by atoms with Gasteiger partial charge < -0.3 is 33.4 Å². The summed E-state index contributed by atoms with van der Waals surface area (Å²) < 4.78 is 1.01. The average molecular weight is 348 g/mol. The molecule has 0 bridgehead atoms. The van der Waals surface area contributed by atoms with Gasteiger partial charge in [-0.3, -0.25) is 4.79 Å². The van der Waals surface area contributed by atoms with E-state index in [9.17, 15) is 4.79 Å². The third kappa shape index (κ3) is 3.59. The van der Waals surface area contributed by atoms with Crippen molar-refractivity contribution in [3.8, 4) is 11.8 Å². The second kappa shape index (κ2) is 6.05. The first-order valence-corrected chi connectivity index (χ1v) is 6.18. The first-order chi connectivity index (χ1) is 7.59. The smallest absolute Gasteiger partial charge is 0.223 e. The Morgan fingerprint density at radius 2 is 2.18 bits per heavy atom. The summed E-state index contributed by atoms with van der Waals surface area (Å²) in [5.41, 5.74) is 0. The summed E-state index contributed by atoms with van der Waals surface area (Å²) in [6, 6.07) is 0.470. The third-order valence-corrected chi connectivity index (χ3v) is 3.77. The lowest BCUT2D eigenvalue weighted by atomic mass is 10.2. The summed E-state index contributed by atoms with van der Waals surface area (Å²) in [4.78, 5) is 13.3. The molecule has 0 N–H and O–H groups in total. The molecular weight excluding hydrogens is 327 g/mol. The minimum Gasteiger partial charge on any atom is -1.00 e. The van der Waals surface area contributed by atoms with Gasteiger partial charge in [0.25, 0.3) is 0 Å². The van der Waals surface area contributed by atoms with Crippen molar-refractivity contribution in [2.45, 2.75) is 31.7 Å². The predicted molar refractivity (Wildman–Crippen MR) is 63.6 cm³/mol. The predicted octanol–water partition coefficient (Wildman–Crippen LogP) is -2.14. The number of carbonyl (C=O) groups is 1. The Hall–Kier alpha value is -0.280. The van der Waals surface area contributed by atoms with Crippen LogP contribution in [0.3, 0.4) is 0 Å². The summed E-state index contributed by atoms with van der Waals surface area (Å²) in [5.74, 6) is 6.82. The molecule has 1 amide bonds. The van der Waals surface area contributed by atoms with Crippen LogP contribution in [0.5, 0.6) is 0 Å². The van der Waals surface area contributed by atoms with Crippen LogP contribution < -0.4 is 24.0 Å². The molecule has 2 rings (SSSR count). The maximum atomic E-state index is 11.4. The monoisotopic (exact) mass is 348 g/mol. The van der Waals surface area contributed by atoms with E-state index >= 15 is 0 Å². The molecule has 0 aromatic rings. The van der Waals surface area contributed by atoms with E-state index in [1.807, 2.05) is 4.90 Å². The normalized spacial score (nSPS) is 26.4. The number of hydrogen-bond donors (Lipinski definition) is 0.